The van der Waals surface area contributed by atoms with Crippen molar-refractivity contribution in [2.75, 3.05) is 10.7 Å². The molecule has 4 rings (SSSR count). The highest BCUT2D eigenvalue weighted by molar-refractivity contribution is 7.92. The molecule has 3 aromatic carbocycles. The van der Waals surface area contributed by atoms with Gasteiger partial charge < -0.3 is 0 Å². The van der Waals surface area contributed by atoms with E-state index in [4.69, 9.17) is 0 Å². The van der Waals surface area contributed by atoms with Crippen LogP contribution < -0.4 is 4.90 Å². The first kappa shape index (κ1) is 22.1. The fraction of sp³-hybridized carbons (Fsp3) is 0.167. The second-order valence-electron chi connectivity index (χ2n) is 7.58. The van der Waals surface area contributed by atoms with E-state index in [0.29, 0.717) is 5.13 Å². The van der Waals surface area contributed by atoms with Gasteiger partial charge in [0.15, 0.2) is 15.0 Å². The number of carbonyl (C=O) groups excluding carboxylic acids is 1. The summed E-state index contributed by atoms with van der Waals surface area (Å²) >= 11 is 1.35. The molecule has 5 nitrogen and oxygen atoms in total. The van der Waals surface area contributed by atoms with Crippen LogP contribution in [0, 0.1) is 19.7 Å². The van der Waals surface area contributed by atoms with E-state index in [2.05, 4.69) is 4.98 Å². The fourth-order valence-corrected chi connectivity index (χ4v) is 5.54. The topological polar surface area (TPSA) is 67.3 Å². The number of carbonyl (C=O) groups is 1. The summed E-state index contributed by atoms with van der Waals surface area (Å²) in [6.45, 7) is 4.20. The molecule has 0 unspecified atom stereocenters. The lowest BCUT2D eigenvalue weighted by molar-refractivity contribution is -0.116. The van der Waals surface area contributed by atoms with Gasteiger partial charge in [-0.3, -0.25) is 9.69 Å². The van der Waals surface area contributed by atoms with Crippen molar-refractivity contribution < 1.29 is 17.6 Å². The van der Waals surface area contributed by atoms with Crippen LogP contribution in [0.1, 0.15) is 16.7 Å². The van der Waals surface area contributed by atoms with Gasteiger partial charge in [-0.15, -0.1) is 0 Å². The van der Waals surface area contributed by atoms with E-state index < -0.39 is 27.3 Å². The third-order valence-electron chi connectivity index (χ3n) is 5.19. The second-order valence-corrected chi connectivity index (χ2v) is 10.6. The van der Waals surface area contributed by atoms with E-state index in [9.17, 15) is 17.6 Å². The van der Waals surface area contributed by atoms with E-state index in [0.717, 1.165) is 39.0 Å². The number of halogens is 1. The Bertz CT molecular complexity index is 1340. The SMILES string of the molecule is Cc1cc2nc(N(Cc3ccccc3)C(=O)CS(=O)(=O)c3ccc(F)cc3)sc2cc1C. The zero-order valence-electron chi connectivity index (χ0n) is 17.6. The molecule has 0 bridgehead atoms. The predicted molar refractivity (Wildman–Crippen MR) is 125 cm³/mol. The van der Waals surface area contributed by atoms with E-state index in [-0.39, 0.29) is 11.4 Å². The molecule has 0 aliphatic rings. The zero-order valence-corrected chi connectivity index (χ0v) is 19.2. The molecule has 0 fully saturated rings. The molecule has 0 saturated heterocycles. The Morgan fingerprint density at radius 3 is 2.34 bits per heavy atom. The molecule has 0 radical (unpaired) electrons. The monoisotopic (exact) mass is 468 g/mol. The summed E-state index contributed by atoms with van der Waals surface area (Å²) in [6, 6.07) is 17.8. The largest absolute Gasteiger partial charge is 0.283 e. The third kappa shape index (κ3) is 4.71. The maximum Gasteiger partial charge on any atom is 0.244 e. The number of aryl methyl sites for hydroxylation is 2. The molecule has 0 saturated carbocycles. The van der Waals surface area contributed by atoms with Gasteiger partial charge in [0, 0.05) is 0 Å². The van der Waals surface area contributed by atoms with E-state index in [1.54, 1.807) is 0 Å². The van der Waals surface area contributed by atoms with Crippen molar-refractivity contribution in [1.82, 2.24) is 4.98 Å². The molecule has 1 amide bonds. The van der Waals surface area contributed by atoms with Gasteiger partial charge in [-0.25, -0.2) is 17.8 Å². The van der Waals surface area contributed by atoms with Crippen molar-refractivity contribution in [2.24, 2.45) is 0 Å². The normalized spacial score (nSPS) is 11.6. The zero-order chi connectivity index (χ0) is 22.9. The van der Waals surface area contributed by atoms with Crippen LogP contribution >= 0.6 is 11.3 Å². The number of thiazole rings is 1. The van der Waals surface area contributed by atoms with Gasteiger partial charge in [0.25, 0.3) is 0 Å². The van der Waals surface area contributed by atoms with E-state index in [1.165, 1.54) is 28.4 Å². The Labute approximate surface area is 190 Å². The molecule has 4 aromatic rings. The molecule has 32 heavy (non-hydrogen) atoms. The van der Waals surface area contributed by atoms with Crippen LogP contribution in [-0.2, 0) is 21.2 Å². The summed E-state index contributed by atoms with van der Waals surface area (Å²) in [5.41, 5.74) is 3.83. The molecular weight excluding hydrogens is 447 g/mol. The molecule has 1 aromatic heterocycles. The standard InChI is InChI=1S/C24H21FN2O3S2/c1-16-12-21-22(13-17(16)2)31-24(26-21)27(14-18-6-4-3-5-7-18)23(28)15-32(29,30)20-10-8-19(25)9-11-20/h3-13H,14-15H2,1-2H3. The lowest BCUT2D eigenvalue weighted by atomic mass is 10.1. The van der Waals surface area contributed by atoms with Gasteiger partial charge in [-0.1, -0.05) is 41.7 Å². The van der Waals surface area contributed by atoms with Crippen LogP contribution in [0.25, 0.3) is 10.2 Å². The maximum atomic E-state index is 13.3. The highest BCUT2D eigenvalue weighted by Crippen LogP contribution is 2.32. The first-order valence-corrected chi connectivity index (χ1v) is 12.4. The van der Waals surface area contributed by atoms with Crippen molar-refractivity contribution >= 4 is 42.4 Å². The predicted octanol–water partition coefficient (Wildman–Crippen LogP) is 5.06. The first-order valence-electron chi connectivity index (χ1n) is 9.93. The number of aromatic nitrogens is 1. The van der Waals surface area contributed by atoms with Crippen LogP contribution in [0.15, 0.2) is 71.6 Å². The van der Waals surface area contributed by atoms with Crippen LogP contribution in [0.3, 0.4) is 0 Å². The van der Waals surface area contributed by atoms with Gasteiger partial charge in [0.05, 0.1) is 21.7 Å². The molecule has 1 heterocycles. The molecule has 0 spiro atoms. The van der Waals surface area contributed by atoms with Crippen LogP contribution in [-0.4, -0.2) is 25.1 Å². The quantitative estimate of drug-likeness (QED) is 0.371. The molecule has 0 aliphatic carbocycles. The number of fused-ring (bicyclic) bond motifs is 1. The molecule has 8 heteroatoms. The minimum absolute atomic E-state index is 0.0949. The summed E-state index contributed by atoms with van der Waals surface area (Å²) in [5, 5.41) is 0.438. The molecule has 164 valence electrons. The second kappa shape index (κ2) is 8.80. The minimum Gasteiger partial charge on any atom is -0.283 e. The number of amides is 1. The summed E-state index contributed by atoms with van der Waals surface area (Å²) in [7, 11) is -3.95. The summed E-state index contributed by atoms with van der Waals surface area (Å²) in [6.07, 6.45) is 0. The molecule has 0 N–H and O–H groups in total. The lowest BCUT2D eigenvalue weighted by Gasteiger charge is -2.20. The smallest absolute Gasteiger partial charge is 0.244 e. The van der Waals surface area contributed by atoms with Crippen molar-refractivity contribution in [1.29, 1.82) is 0 Å². The molecule has 0 aliphatic heterocycles. The van der Waals surface area contributed by atoms with Crippen LogP contribution in [0.4, 0.5) is 9.52 Å². The summed E-state index contributed by atoms with van der Waals surface area (Å²) in [4.78, 5) is 19.2. The number of hydrogen-bond acceptors (Lipinski definition) is 5. The number of rotatable bonds is 6. The maximum absolute atomic E-state index is 13.3. The van der Waals surface area contributed by atoms with Gasteiger partial charge in [-0.2, -0.15) is 0 Å². The number of anilines is 1. The number of hydrogen-bond donors (Lipinski definition) is 0. The fourth-order valence-electron chi connectivity index (χ4n) is 3.28. The van der Waals surface area contributed by atoms with Crippen molar-refractivity contribution in [3.05, 3.63) is 89.2 Å². The van der Waals surface area contributed by atoms with Gasteiger partial charge in [0.1, 0.15) is 11.6 Å². The number of sulfone groups is 1. The summed E-state index contributed by atoms with van der Waals surface area (Å²) < 4.78 is 39.8. The van der Waals surface area contributed by atoms with Crippen molar-refractivity contribution in [3.63, 3.8) is 0 Å². The Balaban J connectivity index is 1.70. The summed E-state index contributed by atoms with van der Waals surface area (Å²) in [5.74, 6) is -1.87. The van der Waals surface area contributed by atoms with Crippen molar-refractivity contribution in [3.8, 4) is 0 Å². The van der Waals surface area contributed by atoms with Gasteiger partial charge >= 0.3 is 0 Å². The van der Waals surface area contributed by atoms with E-state index >= 15 is 0 Å². The molecular formula is C24H21FN2O3S2. The highest BCUT2D eigenvalue weighted by atomic mass is 32.2. The Hall–Kier alpha value is -3.10. The average molecular weight is 469 g/mol. The Morgan fingerprint density at radius 2 is 1.66 bits per heavy atom. The van der Waals surface area contributed by atoms with Gasteiger partial charge in [-0.05, 0) is 66.9 Å². The number of benzene rings is 3. The van der Waals surface area contributed by atoms with E-state index in [1.807, 2.05) is 56.3 Å². The van der Waals surface area contributed by atoms with Crippen molar-refractivity contribution in [2.45, 2.75) is 25.3 Å². The first-order chi connectivity index (χ1) is 15.2. The molecule has 0 atom stereocenters. The average Bonchev–Trinajstić information content (AvgIpc) is 3.15. The van der Waals surface area contributed by atoms with Crippen LogP contribution in [0.2, 0.25) is 0 Å². The van der Waals surface area contributed by atoms with Crippen LogP contribution in [0.5, 0.6) is 0 Å². The minimum atomic E-state index is -3.95. The van der Waals surface area contributed by atoms with Gasteiger partial charge in [0.2, 0.25) is 5.91 Å². The Morgan fingerprint density at radius 1 is 1.00 bits per heavy atom. The third-order valence-corrected chi connectivity index (χ3v) is 7.85. The highest BCUT2D eigenvalue weighted by Gasteiger charge is 2.27. The Kier molecular flexibility index (Phi) is 6.08. The lowest BCUT2D eigenvalue weighted by Crippen LogP contribution is -2.35. The number of nitrogens with zero attached hydrogens (tertiary/aromatic N) is 2.